The fraction of sp³-hybridized carbons (Fsp3) is 0.435. The van der Waals surface area contributed by atoms with Crippen LogP contribution >= 0.6 is 0 Å². The smallest absolute Gasteiger partial charge is 0.237 e. The summed E-state index contributed by atoms with van der Waals surface area (Å²) in [7, 11) is 1.92. The number of hydrogen-bond acceptors (Lipinski definition) is 4. The van der Waals surface area contributed by atoms with Crippen molar-refractivity contribution in [2.75, 3.05) is 33.2 Å². The van der Waals surface area contributed by atoms with Crippen molar-refractivity contribution < 1.29 is 9.59 Å². The van der Waals surface area contributed by atoms with Crippen LogP contribution in [-0.4, -0.2) is 83.9 Å². The first-order chi connectivity index (χ1) is 24.8. The van der Waals surface area contributed by atoms with Gasteiger partial charge in [0.1, 0.15) is 0 Å². The van der Waals surface area contributed by atoms with E-state index in [9.17, 15) is 9.59 Å². The third-order valence-corrected chi connectivity index (χ3v) is 10.0. The molecule has 0 atom stereocenters. The molecule has 280 valence electrons. The van der Waals surface area contributed by atoms with Crippen molar-refractivity contribution in [3.63, 3.8) is 0 Å². The lowest BCUT2D eigenvalue weighted by Gasteiger charge is -2.36. The topological polar surface area (TPSA) is 55.9 Å². The van der Waals surface area contributed by atoms with Gasteiger partial charge in [0, 0.05) is 57.4 Å². The van der Waals surface area contributed by atoms with Gasteiger partial charge in [-0.3, -0.25) is 19.4 Å². The van der Waals surface area contributed by atoms with Crippen LogP contribution in [0.15, 0.2) is 121 Å². The van der Waals surface area contributed by atoms with Gasteiger partial charge in [-0.15, -0.1) is 0 Å². The van der Waals surface area contributed by atoms with Gasteiger partial charge >= 0.3 is 0 Å². The summed E-state index contributed by atoms with van der Waals surface area (Å²) in [6.07, 6.45) is 0. The number of carbonyl (C=O) groups excluding carboxylic acids is 2. The molecule has 0 aliphatic carbocycles. The zero-order chi connectivity index (χ0) is 38.3. The molecule has 1 N–H and O–H groups in total. The Morgan fingerprint density at radius 3 is 1.25 bits per heavy atom. The van der Waals surface area contributed by atoms with Crippen molar-refractivity contribution in [2.45, 2.75) is 97.8 Å². The second-order valence-corrected chi connectivity index (χ2v) is 15.0. The van der Waals surface area contributed by atoms with Crippen LogP contribution in [0.25, 0.3) is 0 Å². The number of likely N-dealkylation sites (N-methyl/N-ethyl adjacent to an activating group) is 1. The zero-order valence-electron chi connectivity index (χ0n) is 33.4. The van der Waals surface area contributed by atoms with Crippen molar-refractivity contribution in [1.82, 2.24) is 20.0 Å². The van der Waals surface area contributed by atoms with Gasteiger partial charge in [-0.1, -0.05) is 121 Å². The van der Waals surface area contributed by atoms with E-state index >= 15 is 0 Å². The second-order valence-electron chi connectivity index (χ2n) is 15.0. The lowest BCUT2D eigenvalue weighted by atomic mass is 9.75. The van der Waals surface area contributed by atoms with Crippen LogP contribution in [0.4, 0.5) is 0 Å². The zero-order valence-corrected chi connectivity index (χ0v) is 33.4. The maximum Gasteiger partial charge on any atom is 0.237 e. The molecule has 4 aromatic rings. The van der Waals surface area contributed by atoms with E-state index in [1.165, 1.54) is 0 Å². The van der Waals surface area contributed by atoms with Crippen molar-refractivity contribution in [3.8, 4) is 0 Å². The number of amides is 2. The van der Waals surface area contributed by atoms with Gasteiger partial charge in [0.05, 0.1) is 11.3 Å². The Morgan fingerprint density at radius 2 is 0.885 bits per heavy atom. The molecule has 0 aromatic heterocycles. The number of hydrogen-bond donors (Lipinski definition) is 1. The largest absolute Gasteiger partial charge is 0.354 e. The Bertz CT molecular complexity index is 1500. The highest BCUT2D eigenvalue weighted by atomic mass is 16.2. The number of benzene rings is 4. The van der Waals surface area contributed by atoms with Crippen LogP contribution < -0.4 is 5.32 Å². The summed E-state index contributed by atoms with van der Waals surface area (Å²) in [5, 5.41) is 3.14. The van der Waals surface area contributed by atoms with Crippen LogP contribution in [0.5, 0.6) is 0 Å². The molecule has 0 saturated heterocycles. The molecule has 0 spiro atoms. The molecule has 0 aliphatic rings. The first-order valence-corrected chi connectivity index (χ1v) is 19.0. The summed E-state index contributed by atoms with van der Waals surface area (Å²) in [5.74, 6) is -0.0776. The van der Waals surface area contributed by atoms with Crippen molar-refractivity contribution in [1.29, 1.82) is 0 Å². The number of nitrogens with one attached hydrogen (secondary N) is 1. The third-order valence-electron chi connectivity index (χ3n) is 10.0. The number of carbonyl (C=O) groups is 2. The van der Waals surface area contributed by atoms with E-state index in [1.54, 1.807) is 0 Å². The van der Waals surface area contributed by atoms with Gasteiger partial charge in [0.25, 0.3) is 0 Å². The minimum Gasteiger partial charge on any atom is -0.354 e. The third kappa shape index (κ3) is 11.6. The van der Waals surface area contributed by atoms with Crippen molar-refractivity contribution in [2.24, 2.45) is 0 Å². The van der Waals surface area contributed by atoms with Gasteiger partial charge in [0.15, 0.2) is 0 Å². The molecule has 4 rings (SSSR count). The molecule has 52 heavy (non-hydrogen) atoms. The van der Waals surface area contributed by atoms with E-state index in [1.807, 2.05) is 140 Å². The Labute approximate surface area is 315 Å². The van der Waals surface area contributed by atoms with Crippen LogP contribution in [0, 0.1) is 0 Å². The number of nitrogens with zero attached hydrogens (tertiary/aromatic N) is 3. The SMILES string of the molecule is CC(C)N(CCN(C)C(=O)C(C)(c1ccccc1)c1ccccc1)C(C)C.CC(C)N(CCNC(=O)C(c1ccccc1)c1ccccc1)C(C)C. The van der Waals surface area contributed by atoms with Crippen LogP contribution in [0.3, 0.4) is 0 Å². The molecule has 0 saturated carbocycles. The highest BCUT2D eigenvalue weighted by molar-refractivity contribution is 5.91. The fourth-order valence-electron chi connectivity index (χ4n) is 7.13. The molecular formula is C46H64N4O2. The highest BCUT2D eigenvalue weighted by Crippen LogP contribution is 2.34. The van der Waals surface area contributed by atoms with Gasteiger partial charge in [-0.05, 0) is 84.6 Å². The molecule has 0 fully saturated rings. The molecular weight excluding hydrogens is 641 g/mol. The molecule has 2 amide bonds. The van der Waals surface area contributed by atoms with Crippen molar-refractivity contribution in [3.05, 3.63) is 144 Å². The van der Waals surface area contributed by atoms with Crippen LogP contribution in [0.2, 0.25) is 0 Å². The molecule has 0 bridgehead atoms. The van der Waals surface area contributed by atoms with E-state index < -0.39 is 5.41 Å². The Hall–Kier alpha value is -4.26. The minimum atomic E-state index is -0.697. The summed E-state index contributed by atoms with van der Waals surface area (Å²) in [5.41, 5.74) is 3.40. The van der Waals surface area contributed by atoms with E-state index in [0.29, 0.717) is 37.3 Å². The highest BCUT2D eigenvalue weighted by Gasteiger charge is 2.39. The summed E-state index contributed by atoms with van der Waals surface area (Å²) < 4.78 is 0. The maximum absolute atomic E-state index is 13.6. The van der Waals surface area contributed by atoms with Gasteiger partial charge in [0.2, 0.25) is 11.8 Å². The number of rotatable bonds is 16. The molecule has 0 radical (unpaired) electrons. The normalized spacial score (nSPS) is 11.8. The average Bonchev–Trinajstić information content (AvgIpc) is 3.14. The van der Waals surface area contributed by atoms with Crippen molar-refractivity contribution >= 4 is 11.8 Å². The molecule has 0 heterocycles. The van der Waals surface area contributed by atoms with Crippen LogP contribution in [0.1, 0.15) is 90.5 Å². The summed E-state index contributed by atoms with van der Waals surface area (Å²) in [4.78, 5) is 33.3. The first-order valence-electron chi connectivity index (χ1n) is 19.0. The predicted octanol–water partition coefficient (Wildman–Crippen LogP) is 8.62. The molecule has 6 nitrogen and oxygen atoms in total. The fourth-order valence-corrected chi connectivity index (χ4v) is 7.13. The first kappa shape index (κ1) is 42.2. The quantitative estimate of drug-likeness (QED) is 0.127. The standard InChI is InChI=1S/C24H34N2O.C22H30N2O/c1-19(2)26(20(3)4)18-17-25(6)23(27)24(5,21-13-9-7-10-14-21)22-15-11-8-12-16-22;1-17(2)24(18(3)4)16-15-23-22(25)21(19-11-7-5-8-12-19)20-13-9-6-10-14-20/h7-16,19-20H,17-18H2,1-6H3;5-14,17-18,21H,15-16H2,1-4H3,(H,23,25). The van der Waals surface area contributed by atoms with E-state index in [0.717, 1.165) is 35.3 Å². The predicted molar refractivity (Wildman–Crippen MR) is 219 cm³/mol. The lowest BCUT2D eigenvalue weighted by molar-refractivity contribution is -0.134. The average molecular weight is 705 g/mol. The van der Waals surface area contributed by atoms with Gasteiger partial charge in [-0.2, -0.15) is 0 Å². The summed E-state index contributed by atoms with van der Waals surface area (Å²) >= 11 is 0. The Balaban J connectivity index is 0.000000281. The molecule has 6 heteroatoms. The van der Waals surface area contributed by atoms with Gasteiger partial charge in [-0.25, -0.2) is 0 Å². The maximum atomic E-state index is 13.6. The van der Waals surface area contributed by atoms with Crippen LogP contribution in [-0.2, 0) is 15.0 Å². The second kappa shape index (κ2) is 20.7. The Kier molecular flexibility index (Phi) is 16.8. The molecule has 0 aliphatic heterocycles. The van der Waals surface area contributed by atoms with E-state index in [-0.39, 0.29) is 17.7 Å². The Morgan fingerprint density at radius 1 is 0.538 bits per heavy atom. The molecule has 4 aromatic carbocycles. The lowest BCUT2D eigenvalue weighted by Crippen LogP contribution is -2.48. The monoisotopic (exact) mass is 705 g/mol. The van der Waals surface area contributed by atoms with E-state index in [4.69, 9.17) is 0 Å². The summed E-state index contributed by atoms with van der Waals surface area (Å²) in [6, 6.07) is 42.0. The van der Waals surface area contributed by atoms with E-state index in [2.05, 4.69) is 70.5 Å². The minimum absolute atomic E-state index is 0.0601. The molecule has 0 unspecified atom stereocenters. The van der Waals surface area contributed by atoms with Gasteiger partial charge < -0.3 is 10.2 Å². The summed E-state index contributed by atoms with van der Waals surface area (Å²) in [6.45, 7) is 22.7.